The average Bonchev–Trinajstić information content (AvgIpc) is 2.71. The van der Waals surface area contributed by atoms with Crippen molar-refractivity contribution >= 4 is 17.9 Å². The van der Waals surface area contributed by atoms with Gasteiger partial charge in [-0.25, -0.2) is 4.79 Å². The Bertz CT molecular complexity index is 760. The second-order valence-corrected chi connectivity index (χ2v) is 8.82. The predicted molar refractivity (Wildman–Crippen MR) is 124 cm³/mol. The molecule has 0 saturated heterocycles. The fourth-order valence-corrected chi connectivity index (χ4v) is 3.27. The fraction of sp³-hybridized carbons (Fsp3) is 0.625. The normalized spacial score (nSPS) is 13.1. The first kappa shape index (κ1) is 27.4. The molecule has 0 heterocycles. The van der Waals surface area contributed by atoms with Crippen LogP contribution in [0.15, 0.2) is 24.3 Å². The molecule has 1 aromatic rings. The molecule has 0 saturated carbocycles. The number of aryl methyl sites for hydroxylation is 1. The van der Waals surface area contributed by atoms with Gasteiger partial charge in [0, 0.05) is 13.1 Å². The summed E-state index contributed by atoms with van der Waals surface area (Å²) < 4.78 is 5.23. The third kappa shape index (κ3) is 8.49. The van der Waals surface area contributed by atoms with Crippen LogP contribution in [0, 0.1) is 6.92 Å². The van der Waals surface area contributed by atoms with Crippen molar-refractivity contribution in [2.75, 3.05) is 19.7 Å². The summed E-state index contributed by atoms with van der Waals surface area (Å²) in [5, 5.41) is 15.2. The van der Waals surface area contributed by atoms with E-state index < -0.39 is 36.3 Å². The van der Waals surface area contributed by atoms with Crippen LogP contribution in [0.4, 0.5) is 4.79 Å². The molecule has 0 aromatic heterocycles. The van der Waals surface area contributed by atoms with Crippen LogP contribution in [0.2, 0.25) is 0 Å². The molecular weight excluding hydrogens is 410 g/mol. The van der Waals surface area contributed by atoms with E-state index in [9.17, 15) is 19.5 Å². The number of aliphatic hydroxyl groups excluding tert-OH is 1. The van der Waals surface area contributed by atoms with Gasteiger partial charge in [0.1, 0.15) is 17.7 Å². The molecule has 2 unspecified atom stereocenters. The van der Waals surface area contributed by atoms with Gasteiger partial charge in [-0.1, -0.05) is 44.5 Å². The summed E-state index contributed by atoms with van der Waals surface area (Å²) in [5.41, 5.74) is 0.828. The molecule has 3 amide bonds. The third-order valence-corrected chi connectivity index (χ3v) is 4.79. The van der Waals surface area contributed by atoms with Crippen molar-refractivity contribution in [3.05, 3.63) is 35.4 Å². The lowest BCUT2D eigenvalue weighted by Gasteiger charge is -2.34. The van der Waals surface area contributed by atoms with Gasteiger partial charge in [0.15, 0.2) is 0 Å². The minimum Gasteiger partial charge on any atom is -0.444 e. The van der Waals surface area contributed by atoms with Crippen LogP contribution in [0.1, 0.15) is 71.0 Å². The van der Waals surface area contributed by atoms with E-state index in [1.807, 2.05) is 45.0 Å². The van der Waals surface area contributed by atoms with Crippen molar-refractivity contribution in [2.24, 2.45) is 0 Å². The minimum atomic E-state index is -1.23. The summed E-state index contributed by atoms with van der Waals surface area (Å²) in [6, 6.07) is 5.30. The van der Waals surface area contributed by atoms with Crippen molar-refractivity contribution in [1.29, 1.82) is 0 Å². The van der Waals surface area contributed by atoms with Crippen molar-refractivity contribution in [3.8, 4) is 0 Å². The topological polar surface area (TPSA) is 108 Å². The van der Waals surface area contributed by atoms with Crippen LogP contribution in [-0.4, -0.2) is 59.3 Å². The molecule has 32 heavy (non-hydrogen) atoms. The van der Waals surface area contributed by atoms with Crippen LogP contribution in [0.25, 0.3) is 0 Å². The highest BCUT2D eigenvalue weighted by Gasteiger charge is 2.36. The van der Waals surface area contributed by atoms with Gasteiger partial charge in [-0.2, -0.15) is 0 Å². The molecule has 0 bridgehead atoms. The number of ether oxygens (including phenoxy) is 1. The number of aliphatic hydroxyl groups is 1. The highest BCUT2D eigenvalue weighted by atomic mass is 16.6. The quantitative estimate of drug-likeness (QED) is 0.450. The zero-order valence-corrected chi connectivity index (χ0v) is 20.2. The number of benzene rings is 1. The predicted octanol–water partition coefficient (Wildman–Crippen LogP) is 3.08. The maximum absolute atomic E-state index is 13.4. The molecule has 1 rings (SSSR count). The Hall–Kier alpha value is -2.61. The Kier molecular flexibility index (Phi) is 11.2. The molecule has 1 aromatic carbocycles. The molecule has 8 nitrogen and oxygen atoms in total. The number of unbranched alkanes of at least 4 members (excludes halogenated alkanes) is 1. The second-order valence-electron chi connectivity index (χ2n) is 8.82. The number of nitrogens with zero attached hydrogens (tertiary/aromatic N) is 1. The molecule has 0 aliphatic rings. The highest BCUT2D eigenvalue weighted by Crippen LogP contribution is 2.26. The van der Waals surface area contributed by atoms with Gasteiger partial charge in [-0.15, -0.1) is 0 Å². The van der Waals surface area contributed by atoms with Crippen LogP contribution >= 0.6 is 0 Å². The first-order valence-corrected chi connectivity index (χ1v) is 11.3. The van der Waals surface area contributed by atoms with Gasteiger partial charge in [-0.05, 0) is 51.7 Å². The largest absolute Gasteiger partial charge is 0.444 e. The lowest BCUT2D eigenvalue weighted by Crippen LogP contribution is -2.54. The maximum atomic E-state index is 13.4. The van der Waals surface area contributed by atoms with Crippen LogP contribution in [0.5, 0.6) is 0 Å². The van der Waals surface area contributed by atoms with Gasteiger partial charge in [0.25, 0.3) is 0 Å². The van der Waals surface area contributed by atoms with E-state index in [4.69, 9.17) is 4.74 Å². The summed E-state index contributed by atoms with van der Waals surface area (Å²) >= 11 is 0. The van der Waals surface area contributed by atoms with E-state index in [0.717, 1.165) is 18.4 Å². The maximum Gasteiger partial charge on any atom is 0.408 e. The van der Waals surface area contributed by atoms with Gasteiger partial charge in [0.2, 0.25) is 11.8 Å². The van der Waals surface area contributed by atoms with Crippen LogP contribution < -0.4 is 10.6 Å². The average molecular weight is 450 g/mol. The third-order valence-electron chi connectivity index (χ3n) is 4.79. The summed E-state index contributed by atoms with van der Waals surface area (Å²) in [4.78, 5) is 40.3. The Balaban J connectivity index is 3.27. The number of hydrogen-bond acceptors (Lipinski definition) is 5. The molecule has 180 valence electrons. The van der Waals surface area contributed by atoms with Gasteiger partial charge in [-0.3, -0.25) is 9.59 Å². The zero-order chi connectivity index (χ0) is 24.3. The molecule has 3 N–H and O–H groups in total. The number of alkyl carbamates (subject to hydrolysis) is 1. The molecule has 0 fully saturated rings. The molecule has 0 aliphatic carbocycles. The van der Waals surface area contributed by atoms with E-state index in [-0.39, 0.29) is 12.5 Å². The SMILES string of the molecule is CCCCNC(=O)C(c1ccccc1C)N(CCC)C(=O)C(CO)NC(=O)OC(C)(C)C. The monoisotopic (exact) mass is 449 g/mol. The van der Waals surface area contributed by atoms with Crippen LogP contribution in [-0.2, 0) is 14.3 Å². The number of nitrogens with one attached hydrogen (secondary N) is 2. The van der Waals surface area contributed by atoms with E-state index in [2.05, 4.69) is 10.6 Å². The van der Waals surface area contributed by atoms with Crippen LogP contribution in [0.3, 0.4) is 0 Å². The molecule has 2 atom stereocenters. The lowest BCUT2D eigenvalue weighted by molar-refractivity contribution is -0.143. The molecule has 0 aliphatic heterocycles. The Morgan fingerprint density at radius 2 is 1.78 bits per heavy atom. The van der Waals surface area contributed by atoms with Crippen molar-refractivity contribution in [1.82, 2.24) is 15.5 Å². The van der Waals surface area contributed by atoms with Gasteiger partial charge < -0.3 is 25.4 Å². The Morgan fingerprint density at radius 3 is 2.31 bits per heavy atom. The molecule has 0 spiro atoms. The van der Waals surface area contributed by atoms with E-state index in [0.29, 0.717) is 18.5 Å². The van der Waals surface area contributed by atoms with E-state index >= 15 is 0 Å². The summed E-state index contributed by atoms with van der Waals surface area (Å²) in [6.07, 6.45) is 1.55. The van der Waals surface area contributed by atoms with Gasteiger partial charge >= 0.3 is 6.09 Å². The molecule has 0 radical (unpaired) electrons. The number of carbonyl (C=O) groups excluding carboxylic acids is 3. The summed E-state index contributed by atoms with van der Waals surface area (Å²) in [7, 11) is 0. The second kappa shape index (κ2) is 13.1. The standard InChI is InChI=1S/C24H39N3O5/c1-7-9-14-25-21(29)20(18-13-11-10-12-17(18)3)27(15-8-2)22(30)19(16-28)26-23(31)32-24(4,5)6/h10-13,19-20,28H,7-9,14-16H2,1-6H3,(H,25,29)(H,26,31). The van der Waals surface area contributed by atoms with Crippen molar-refractivity contribution in [3.63, 3.8) is 0 Å². The smallest absolute Gasteiger partial charge is 0.408 e. The van der Waals surface area contributed by atoms with Crippen molar-refractivity contribution in [2.45, 2.75) is 78.5 Å². The zero-order valence-electron chi connectivity index (χ0n) is 20.2. The minimum absolute atomic E-state index is 0.283. The Labute approximate surface area is 191 Å². The first-order valence-electron chi connectivity index (χ1n) is 11.3. The Morgan fingerprint density at radius 1 is 1.12 bits per heavy atom. The van der Waals surface area contributed by atoms with E-state index in [1.165, 1.54) is 4.90 Å². The number of hydrogen-bond donors (Lipinski definition) is 3. The van der Waals surface area contributed by atoms with Gasteiger partial charge in [0.05, 0.1) is 6.61 Å². The first-order chi connectivity index (χ1) is 15.1. The molecule has 8 heteroatoms. The van der Waals surface area contributed by atoms with E-state index in [1.54, 1.807) is 20.8 Å². The highest BCUT2D eigenvalue weighted by molar-refractivity contribution is 5.92. The van der Waals surface area contributed by atoms with Crippen molar-refractivity contribution < 1.29 is 24.2 Å². The number of carbonyl (C=O) groups is 3. The summed E-state index contributed by atoms with van der Waals surface area (Å²) in [5.74, 6) is -0.831. The fourth-order valence-electron chi connectivity index (χ4n) is 3.27. The lowest BCUT2D eigenvalue weighted by atomic mass is 9.98. The molecular formula is C24H39N3O5. The summed E-state index contributed by atoms with van der Waals surface area (Å²) in [6.45, 7) is 11.1. The number of amides is 3. The number of rotatable bonds is 11.